The Bertz CT molecular complexity index is 715. The van der Waals surface area contributed by atoms with Gasteiger partial charge in [-0.05, 0) is 51.3 Å². The Morgan fingerprint density at radius 3 is 2.52 bits per heavy atom. The van der Waals surface area contributed by atoms with Crippen LogP contribution in [0.25, 0.3) is 0 Å². The van der Waals surface area contributed by atoms with Crippen LogP contribution in [0.2, 0.25) is 10.0 Å². The maximum Gasteiger partial charge on any atom is 0.227 e. The first-order valence-electron chi connectivity index (χ1n) is 10.2. The summed E-state index contributed by atoms with van der Waals surface area (Å²) in [5.74, 6) is 0.764. The quantitative estimate of drug-likeness (QED) is 0.448. The van der Waals surface area contributed by atoms with Gasteiger partial charge in [0, 0.05) is 39.3 Å². The van der Waals surface area contributed by atoms with E-state index < -0.39 is 5.41 Å². The molecule has 0 aromatic heterocycles. The normalized spacial score (nSPS) is 16.6. The van der Waals surface area contributed by atoms with Crippen LogP contribution in [0.4, 0.5) is 0 Å². The first-order chi connectivity index (χ1) is 13.7. The SMILES string of the molecule is CCNC(=NCC(C)(C)C(=O)NC)NC1CCN(Cc2ccc(Cl)c(Cl)c2)CC1. The van der Waals surface area contributed by atoms with Crippen LogP contribution >= 0.6 is 23.2 Å². The predicted molar refractivity (Wildman–Crippen MR) is 122 cm³/mol. The second-order valence-corrected chi connectivity index (χ2v) is 8.92. The van der Waals surface area contributed by atoms with Crippen molar-refractivity contribution in [2.24, 2.45) is 10.4 Å². The van der Waals surface area contributed by atoms with Crippen molar-refractivity contribution < 1.29 is 4.79 Å². The highest BCUT2D eigenvalue weighted by Gasteiger charge is 2.27. The van der Waals surface area contributed by atoms with Crippen molar-refractivity contribution in [3.63, 3.8) is 0 Å². The summed E-state index contributed by atoms with van der Waals surface area (Å²) in [5, 5.41) is 10.7. The topological polar surface area (TPSA) is 68.8 Å². The van der Waals surface area contributed by atoms with Crippen molar-refractivity contribution >= 4 is 35.1 Å². The molecule has 0 radical (unpaired) electrons. The number of likely N-dealkylation sites (tertiary alicyclic amines) is 1. The molecule has 1 fully saturated rings. The highest BCUT2D eigenvalue weighted by Crippen LogP contribution is 2.24. The number of hydrogen-bond donors (Lipinski definition) is 3. The average molecular weight is 442 g/mol. The summed E-state index contributed by atoms with van der Waals surface area (Å²) in [5.41, 5.74) is 0.637. The number of halogens is 2. The monoisotopic (exact) mass is 441 g/mol. The maximum absolute atomic E-state index is 12.0. The Morgan fingerprint density at radius 2 is 1.93 bits per heavy atom. The number of aliphatic imine (C=N–C) groups is 1. The van der Waals surface area contributed by atoms with E-state index in [1.165, 1.54) is 5.56 Å². The van der Waals surface area contributed by atoms with E-state index in [4.69, 9.17) is 23.2 Å². The predicted octanol–water partition coefficient (Wildman–Crippen LogP) is 3.29. The van der Waals surface area contributed by atoms with Crippen LogP contribution in [0.15, 0.2) is 23.2 Å². The highest BCUT2D eigenvalue weighted by molar-refractivity contribution is 6.42. The lowest BCUT2D eigenvalue weighted by atomic mass is 9.93. The Labute approximate surface area is 184 Å². The molecule has 1 amide bonds. The molecular weight excluding hydrogens is 409 g/mol. The molecule has 0 spiro atoms. The molecule has 3 N–H and O–H groups in total. The lowest BCUT2D eigenvalue weighted by Crippen LogP contribution is -2.49. The maximum atomic E-state index is 12.0. The van der Waals surface area contributed by atoms with Gasteiger partial charge in [-0.15, -0.1) is 0 Å². The van der Waals surface area contributed by atoms with Crippen LogP contribution in [-0.2, 0) is 11.3 Å². The molecule has 0 aliphatic carbocycles. The van der Waals surface area contributed by atoms with Crippen LogP contribution < -0.4 is 16.0 Å². The van der Waals surface area contributed by atoms with Gasteiger partial charge in [0.25, 0.3) is 0 Å². The largest absolute Gasteiger partial charge is 0.359 e. The summed E-state index contributed by atoms with van der Waals surface area (Å²) in [6, 6.07) is 6.19. The lowest BCUT2D eigenvalue weighted by Gasteiger charge is -2.33. The van der Waals surface area contributed by atoms with Gasteiger partial charge in [0.15, 0.2) is 5.96 Å². The van der Waals surface area contributed by atoms with E-state index in [2.05, 4.69) is 25.8 Å². The third-order valence-corrected chi connectivity index (χ3v) is 5.88. The first kappa shape index (κ1) is 23.8. The van der Waals surface area contributed by atoms with Crippen LogP contribution in [0, 0.1) is 5.41 Å². The second kappa shape index (κ2) is 11.0. The minimum atomic E-state index is -0.541. The van der Waals surface area contributed by atoms with Gasteiger partial charge in [-0.2, -0.15) is 0 Å². The van der Waals surface area contributed by atoms with Crippen molar-refractivity contribution in [1.82, 2.24) is 20.9 Å². The molecule has 0 bridgehead atoms. The molecule has 8 heteroatoms. The van der Waals surface area contributed by atoms with Crippen LogP contribution in [0.1, 0.15) is 39.2 Å². The molecular formula is C21H33Cl2N5O. The van der Waals surface area contributed by atoms with Gasteiger partial charge < -0.3 is 16.0 Å². The fourth-order valence-corrected chi connectivity index (χ4v) is 3.65. The molecule has 2 rings (SSSR count). The van der Waals surface area contributed by atoms with Crippen LogP contribution in [-0.4, -0.2) is 56.0 Å². The van der Waals surface area contributed by atoms with Crippen molar-refractivity contribution in [1.29, 1.82) is 0 Å². The third kappa shape index (κ3) is 7.36. The van der Waals surface area contributed by atoms with Gasteiger partial charge in [-0.1, -0.05) is 29.3 Å². The van der Waals surface area contributed by atoms with Crippen molar-refractivity contribution in [2.75, 3.05) is 33.2 Å². The Hall–Kier alpha value is -1.50. The zero-order chi connectivity index (χ0) is 21.4. The number of piperidine rings is 1. The van der Waals surface area contributed by atoms with E-state index in [9.17, 15) is 4.79 Å². The summed E-state index contributed by atoms with van der Waals surface area (Å²) >= 11 is 12.1. The van der Waals surface area contributed by atoms with Gasteiger partial charge in [0.05, 0.1) is 22.0 Å². The molecule has 29 heavy (non-hydrogen) atoms. The minimum absolute atomic E-state index is 0.00675. The van der Waals surface area contributed by atoms with E-state index in [-0.39, 0.29) is 5.91 Å². The fraction of sp³-hybridized carbons (Fsp3) is 0.619. The molecule has 0 atom stereocenters. The number of benzene rings is 1. The molecule has 1 aliphatic rings. The molecule has 1 aliphatic heterocycles. The summed E-state index contributed by atoms with van der Waals surface area (Å²) in [6.07, 6.45) is 2.06. The highest BCUT2D eigenvalue weighted by atomic mass is 35.5. The van der Waals surface area contributed by atoms with Gasteiger partial charge >= 0.3 is 0 Å². The summed E-state index contributed by atoms with van der Waals surface area (Å²) < 4.78 is 0. The number of amides is 1. The smallest absolute Gasteiger partial charge is 0.227 e. The van der Waals surface area contributed by atoms with E-state index in [0.717, 1.165) is 45.0 Å². The minimum Gasteiger partial charge on any atom is -0.359 e. The Balaban J connectivity index is 1.87. The number of carbonyl (C=O) groups excluding carboxylic acids is 1. The number of nitrogens with zero attached hydrogens (tertiary/aromatic N) is 2. The van der Waals surface area contributed by atoms with Crippen molar-refractivity contribution in [3.05, 3.63) is 33.8 Å². The van der Waals surface area contributed by atoms with Crippen LogP contribution in [0.5, 0.6) is 0 Å². The number of carbonyl (C=O) groups is 1. The Morgan fingerprint density at radius 1 is 1.24 bits per heavy atom. The van der Waals surface area contributed by atoms with E-state index in [1.807, 2.05) is 39.0 Å². The number of hydrogen-bond acceptors (Lipinski definition) is 3. The zero-order valence-corrected chi connectivity index (χ0v) is 19.3. The van der Waals surface area contributed by atoms with Gasteiger partial charge in [0.2, 0.25) is 5.91 Å². The zero-order valence-electron chi connectivity index (χ0n) is 17.8. The summed E-state index contributed by atoms with van der Waals surface area (Å²) in [7, 11) is 1.66. The molecule has 0 unspecified atom stereocenters. The standard InChI is InChI=1S/C21H33Cl2N5O/c1-5-25-20(26-14-21(2,3)19(29)24-4)27-16-8-10-28(11-9-16)13-15-6-7-17(22)18(23)12-15/h6-7,12,16H,5,8-11,13-14H2,1-4H3,(H,24,29)(H2,25,26,27). The molecule has 1 aromatic carbocycles. The molecule has 6 nitrogen and oxygen atoms in total. The Kier molecular flexibility index (Phi) is 9.05. The molecule has 0 saturated carbocycles. The molecule has 1 aromatic rings. The van der Waals surface area contributed by atoms with Gasteiger partial charge in [-0.25, -0.2) is 0 Å². The molecule has 162 valence electrons. The van der Waals surface area contributed by atoms with Crippen molar-refractivity contribution in [2.45, 2.75) is 46.2 Å². The fourth-order valence-electron chi connectivity index (χ4n) is 3.33. The van der Waals surface area contributed by atoms with E-state index >= 15 is 0 Å². The van der Waals surface area contributed by atoms with E-state index in [1.54, 1.807) is 7.05 Å². The number of guanidine groups is 1. The van der Waals surface area contributed by atoms with Crippen molar-refractivity contribution in [3.8, 4) is 0 Å². The number of nitrogens with one attached hydrogen (secondary N) is 3. The van der Waals surface area contributed by atoms with Gasteiger partial charge in [-0.3, -0.25) is 14.7 Å². The molecule has 1 saturated heterocycles. The lowest BCUT2D eigenvalue weighted by molar-refractivity contribution is -0.128. The summed E-state index contributed by atoms with van der Waals surface area (Å²) in [4.78, 5) is 19.1. The third-order valence-electron chi connectivity index (χ3n) is 5.14. The van der Waals surface area contributed by atoms with Crippen LogP contribution in [0.3, 0.4) is 0 Å². The second-order valence-electron chi connectivity index (χ2n) is 8.10. The first-order valence-corrected chi connectivity index (χ1v) is 10.9. The van der Waals surface area contributed by atoms with E-state index in [0.29, 0.717) is 22.6 Å². The number of rotatable bonds is 7. The van der Waals surface area contributed by atoms with Gasteiger partial charge in [0.1, 0.15) is 0 Å². The average Bonchev–Trinajstić information content (AvgIpc) is 2.70. The summed E-state index contributed by atoms with van der Waals surface area (Å²) in [6.45, 7) is 9.93. The molecule has 1 heterocycles.